The molecular formula is C11H13N3O3. The first-order chi connectivity index (χ1) is 8.10. The molecule has 1 aromatic carbocycles. The average molecular weight is 235 g/mol. The smallest absolute Gasteiger partial charge is 0.277 e. The largest absolute Gasteiger partial charge is 0.394 e. The van der Waals surface area contributed by atoms with E-state index in [9.17, 15) is 14.9 Å². The summed E-state index contributed by atoms with van der Waals surface area (Å²) in [6.45, 7) is 0. The van der Waals surface area contributed by atoms with E-state index in [1.165, 1.54) is 19.2 Å². The number of carbonyl (C=O) groups is 1. The number of hydrogen-bond acceptors (Lipinski definition) is 4. The van der Waals surface area contributed by atoms with Crippen molar-refractivity contribution in [3.05, 3.63) is 45.6 Å². The van der Waals surface area contributed by atoms with Gasteiger partial charge in [0, 0.05) is 25.7 Å². The Morgan fingerprint density at radius 3 is 2.65 bits per heavy atom. The third kappa shape index (κ3) is 3.04. The van der Waals surface area contributed by atoms with Crippen molar-refractivity contribution in [2.24, 2.45) is 0 Å². The molecule has 0 aliphatic heterocycles. The van der Waals surface area contributed by atoms with Crippen LogP contribution in [0.5, 0.6) is 0 Å². The van der Waals surface area contributed by atoms with Gasteiger partial charge in [-0.15, -0.1) is 0 Å². The molecule has 17 heavy (non-hydrogen) atoms. The van der Waals surface area contributed by atoms with Gasteiger partial charge in [0.1, 0.15) is 0 Å². The van der Waals surface area contributed by atoms with Gasteiger partial charge in [0.05, 0.1) is 10.5 Å². The SMILES string of the molecule is CN/C=C/c1ccc(C(=O)NC)cc1[N+](=O)[O-]. The summed E-state index contributed by atoms with van der Waals surface area (Å²) in [4.78, 5) is 21.7. The predicted octanol–water partition coefficient (Wildman–Crippen LogP) is 1.14. The van der Waals surface area contributed by atoms with Crippen molar-refractivity contribution < 1.29 is 9.72 Å². The highest BCUT2D eigenvalue weighted by molar-refractivity contribution is 5.95. The van der Waals surface area contributed by atoms with Crippen LogP contribution in [-0.2, 0) is 0 Å². The predicted molar refractivity (Wildman–Crippen MR) is 64.6 cm³/mol. The summed E-state index contributed by atoms with van der Waals surface area (Å²) in [6.07, 6.45) is 3.16. The molecule has 1 amide bonds. The number of hydrogen-bond donors (Lipinski definition) is 2. The molecule has 0 spiro atoms. The summed E-state index contributed by atoms with van der Waals surface area (Å²) in [5.41, 5.74) is 0.607. The summed E-state index contributed by atoms with van der Waals surface area (Å²) < 4.78 is 0. The normalized spacial score (nSPS) is 10.2. The fraction of sp³-hybridized carbons (Fsp3) is 0.182. The Labute approximate surface area is 98.5 Å². The van der Waals surface area contributed by atoms with Gasteiger partial charge in [-0.1, -0.05) is 0 Å². The van der Waals surface area contributed by atoms with Crippen molar-refractivity contribution in [1.82, 2.24) is 10.6 Å². The van der Waals surface area contributed by atoms with E-state index in [2.05, 4.69) is 10.6 Å². The summed E-state index contributed by atoms with van der Waals surface area (Å²) in [6, 6.07) is 4.34. The quantitative estimate of drug-likeness (QED) is 0.605. The lowest BCUT2D eigenvalue weighted by molar-refractivity contribution is -0.385. The van der Waals surface area contributed by atoms with Gasteiger partial charge in [-0.3, -0.25) is 14.9 Å². The van der Waals surface area contributed by atoms with Gasteiger partial charge in [-0.25, -0.2) is 0 Å². The maximum Gasteiger partial charge on any atom is 0.277 e. The Kier molecular flexibility index (Phi) is 4.21. The van der Waals surface area contributed by atoms with E-state index < -0.39 is 4.92 Å². The van der Waals surface area contributed by atoms with Crippen LogP contribution in [0.2, 0.25) is 0 Å². The molecule has 0 saturated heterocycles. The standard InChI is InChI=1S/C11H13N3O3/c1-12-6-5-8-3-4-9(11(15)13-2)7-10(8)14(16)17/h3-7,12H,1-2H3,(H,13,15)/b6-5+. The Morgan fingerprint density at radius 2 is 2.12 bits per heavy atom. The maximum atomic E-state index is 11.3. The highest BCUT2D eigenvalue weighted by Crippen LogP contribution is 2.21. The second-order valence-corrected chi connectivity index (χ2v) is 3.23. The Balaban J connectivity index is 3.22. The van der Waals surface area contributed by atoms with Crippen molar-refractivity contribution in [3.8, 4) is 0 Å². The summed E-state index contributed by atoms with van der Waals surface area (Å²) in [5, 5.41) is 16.0. The van der Waals surface area contributed by atoms with E-state index >= 15 is 0 Å². The minimum atomic E-state index is -0.512. The third-order valence-electron chi connectivity index (χ3n) is 2.15. The first-order valence-corrected chi connectivity index (χ1v) is 4.94. The zero-order valence-electron chi connectivity index (χ0n) is 9.56. The van der Waals surface area contributed by atoms with Crippen LogP contribution in [0, 0.1) is 10.1 Å². The number of nitro benzene ring substituents is 1. The van der Waals surface area contributed by atoms with Gasteiger partial charge in [-0.05, 0) is 24.4 Å². The van der Waals surface area contributed by atoms with Crippen LogP contribution in [0.1, 0.15) is 15.9 Å². The molecule has 0 aliphatic carbocycles. The molecule has 0 radical (unpaired) electrons. The van der Waals surface area contributed by atoms with Crippen molar-refractivity contribution in [1.29, 1.82) is 0 Å². The fourth-order valence-electron chi connectivity index (χ4n) is 1.30. The second-order valence-electron chi connectivity index (χ2n) is 3.23. The maximum absolute atomic E-state index is 11.3. The number of nitrogens with one attached hydrogen (secondary N) is 2. The van der Waals surface area contributed by atoms with Gasteiger partial charge in [0.15, 0.2) is 0 Å². The zero-order valence-corrected chi connectivity index (χ0v) is 9.56. The van der Waals surface area contributed by atoms with E-state index in [4.69, 9.17) is 0 Å². The number of rotatable bonds is 4. The number of nitro groups is 1. The molecule has 90 valence electrons. The minimum Gasteiger partial charge on any atom is -0.394 e. The van der Waals surface area contributed by atoms with Crippen molar-refractivity contribution in [3.63, 3.8) is 0 Å². The van der Waals surface area contributed by atoms with E-state index in [1.807, 2.05) is 0 Å². The third-order valence-corrected chi connectivity index (χ3v) is 2.15. The Bertz CT molecular complexity index is 469. The molecule has 0 saturated carbocycles. The van der Waals surface area contributed by atoms with E-state index in [1.54, 1.807) is 25.4 Å². The minimum absolute atomic E-state index is 0.0994. The molecule has 6 heteroatoms. The van der Waals surface area contributed by atoms with E-state index in [0.717, 1.165) is 0 Å². The van der Waals surface area contributed by atoms with Crippen LogP contribution in [0.25, 0.3) is 6.08 Å². The van der Waals surface area contributed by atoms with Crippen LogP contribution in [-0.4, -0.2) is 24.9 Å². The van der Waals surface area contributed by atoms with Crippen LogP contribution < -0.4 is 10.6 Å². The molecule has 0 atom stereocenters. The Morgan fingerprint density at radius 1 is 1.41 bits per heavy atom. The molecule has 1 rings (SSSR count). The lowest BCUT2D eigenvalue weighted by atomic mass is 10.1. The van der Waals surface area contributed by atoms with E-state index in [-0.39, 0.29) is 17.2 Å². The van der Waals surface area contributed by atoms with Crippen LogP contribution in [0.4, 0.5) is 5.69 Å². The molecule has 0 aliphatic rings. The molecule has 1 aromatic rings. The van der Waals surface area contributed by atoms with Crippen molar-refractivity contribution in [2.75, 3.05) is 14.1 Å². The lowest BCUT2D eigenvalue weighted by Gasteiger charge is -2.02. The average Bonchev–Trinajstić information content (AvgIpc) is 2.35. The van der Waals surface area contributed by atoms with Gasteiger partial charge in [0.25, 0.3) is 11.6 Å². The van der Waals surface area contributed by atoms with E-state index in [0.29, 0.717) is 5.56 Å². The number of benzene rings is 1. The number of carbonyl (C=O) groups excluding carboxylic acids is 1. The zero-order chi connectivity index (χ0) is 12.8. The highest BCUT2D eigenvalue weighted by Gasteiger charge is 2.15. The van der Waals surface area contributed by atoms with Gasteiger partial charge >= 0.3 is 0 Å². The summed E-state index contributed by atoms with van der Waals surface area (Å²) >= 11 is 0. The van der Waals surface area contributed by atoms with Crippen molar-refractivity contribution in [2.45, 2.75) is 0 Å². The topological polar surface area (TPSA) is 84.3 Å². The molecule has 2 N–H and O–H groups in total. The summed E-state index contributed by atoms with van der Waals surface area (Å²) in [7, 11) is 3.17. The molecule has 6 nitrogen and oxygen atoms in total. The van der Waals surface area contributed by atoms with Crippen molar-refractivity contribution >= 4 is 17.7 Å². The highest BCUT2D eigenvalue weighted by atomic mass is 16.6. The first kappa shape index (κ1) is 12.7. The molecular weight excluding hydrogens is 222 g/mol. The second kappa shape index (κ2) is 5.64. The van der Waals surface area contributed by atoms with Gasteiger partial charge in [-0.2, -0.15) is 0 Å². The Hall–Kier alpha value is -2.37. The summed E-state index contributed by atoms with van der Waals surface area (Å²) in [5.74, 6) is -0.350. The molecule has 0 aromatic heterocycles. The van der Waals surface area contributed by atoms with Gasteiger partial charge < -0.3 is 10.6 Å². The van der Waals surface area contributed by atoms with Crippen LogP contribution in [0.3, 0.4) is 0 Å². The molecule has 0 heterocycles. The molecule has 0 fully saturated rings. The monoisotopic (exact) mass is 235 g/mol. The van der Waals surface area contributed by atoms with Gasteiger partial charge in [0.2, 0.25) is 0 Å². The number of amides is 1. The molecule has 0 unspecified atom stereocenters. The van der Waals surface area contributed by atoms with Crippen LogP contribution in [0.15, 0.2) is 24.4 Å². The lowest BCUT2D eigenvalue weighted by Crippen LogP contribution is -2.17. The van der Waals surface area contributed by atoms with Crippen LogP contribution >= 0.6 is 0 Å². The first-order valence-electron chi connectivity index (χ1n) is 4.94. The number of nitrogens with zero attached hydrogens (tertiary/aromatic N) is 1. The molecule has 0 bridgehead atoms. The fourth-order valence-corrected chi connectivity index (χ4v) is 1.30.